The van der Waals surface area contributed by atoms with Gasteiger partial charge < -0.3 is 4.74 Å². The maximum Gasteiger partial charge on any atom is 0.288 e. The molecule has 0 aromatic carbocycles. The molecule has 0 fully saturated rings. The van der Waals surface area contributed by atoms with Gasteiger partial charge in [-0.15, -0.1) is 5.10 Å². The molecular weight excluding hydrogens is 218 g/mol. The summed E-state index contributed by atoms with van der Waals surface area (Å²) in [5.74, 6) is -0.307. The van der Waals surface area contributed by atoms with E-state index in [2.05, 4.69) is 15.1 Å². The molecular formula is C8H13N3O3S. The molecule has 0 aliphatic heterocycles. The lowest BCUT2D eigenvalue weighted by molar-refractivity contribution is 0.00908. The largest absolute Gasteiger partial charge is 0.382 e. The average Bonchev–Trinajstić information content (AvgIpc) is 2.72. The lowest BCUT2D eigenvalue weighted by atomic mass is 10.3. The number of amides is 1. The highest BCUT2D eigenvalue weighted by Gasteiger charge is 2.14. The minimum Gasteiger partial charge on any atom is -0.382 e. The standard InChI is InChI=1S/C8H13N3O3S/c1-3-6-7(15-11-9-6)8(12)10-14-5-4-13-2/h3-5H2,1-2H3,(H,10,12). The first-order valence-corrected chi connectivity index (χ1v) is 5.29. The van der Waals surface area contributed by atoms with Gasteiger partial charge in [0.05, 0.1) is 18.9 Å². The SMILES string of the molecule is CCc1nnsc1C(=O)NOCCOC. The van der Waals surface area contributed by atoms with Crippen LogP contribution in [-0.2, 0) is 16.0 Å². The van der Waals surface area contributed by atoms with Crippen molar-refractivity contribution in [1.82, 2.24) is 15.1 Å². The molecule has 0 aliphatic carbocycles. The van der Waals surface area contributed by atoms with Crippen molar-refractivity contribution < 1.29 is 14.4 Å². The molecule has 1 aromatic rings. The van der Waals surface area contributed by atoms with Crippen LogP contribution in [0.2, 0.25) is 0 Å². The van der Waals surface area contributed by atoms with E-state index in [0.29, 0.717) is 30.2 Å². The number of nitrogens with zero attached hydrogens (tertiary/aromatic N) is 2. The average molecular weight is 231 g/mol. The van der Waals surface area contributed by atoms with E-state index in [1.165, 1.54) is 0 Å². The summed E-state index contributed by atoms with van der Waals surface area (Å²) in [7, 11) is 1.56. The molecule has 0 atom stereocenters. The third-order valence-corrected chi connectivity index (χ3v) is 2.42. The van der Waals surface area contributed by atoms with Crippen molar-refractivity contribution >= 4 is 17.4 Å². The zero-order chi connectivity index (χ0) is 11.1. The van der Waals surface area contributed by atoms with Gasteiger partial charge in [0.1, 0.15) is 4.88 Å². The summed E-state index contributed by atoms with van der Waals surface area (Å²) < 4.78 is 8.47. The molecule has 0 spiro atoms. The molecule has 1 N–H and O–H groups in total. The fourth-order valence-corrected chi connectivity index (χ4v) is 1.54. The van der Waals surface area contributed by atoms with Crippen molar-refractivity contribution in [2.24, 2.45) is 0 Å². The third-order valence-electron chi connectivity index (χ3n) is 1.65. The molecule has 1 heterocycles. The van der Waals surface area contributed by atoms with Crippen molar-refractivity contribution in [3.63, 3.8) is 0 Å². The Morgan fingerprint density at radius 3 is 3.00 bits per heavy atom. The zero-order valence-electron chi connectivity index (χ0n) is 8.65. The Balaban J connectivity index is 2.40. The number of carbonyl (C=O) groups excluding carboxylic acids is 1. The van der Waals surface area contributed by atoms with Crippen molar-refractivity contribution in [2.75, 3.05) is 20.3 Å². The topological polar surface area (TPSA) is 73.3 Å². The highest BCUT2D eigenvalue weighted by atomic mass is 32.1. The molecule has 1 aromatic heterocycles. The van der Waals surface area contributed by atoms with E-state index in [4.69, 9.17) is 9.57 Å². The van der Waals surface area contributed by atoms with Gasteiger partial charge in [-0.05, 0) is 18.0 Å². The van der Waals surface area contributed by atoms with E-state index in [-0.39, 0.29) is 5.91 Å². The van der Waals surface area contributed by atoms with Gasteiger partial charge in [0.25, 0.3) is 5.91 Å². The third kappa shape index (κ3) is 3.54. The lowest BCUT2D eigenvalue weighted by Gasteiger charge is -2.03. The van der Waals surface area contributed by atoms with E-state index < -0.39 is 0 Å². The van der Waals surface area contributed by atoms with Gasteiger partial charge in [-0.1, -0.05) is 11.4 Å². The Bertz CT molecular complexity index is 316. The van der Waals surface area contributed by atoms with E-state index in [1.54, 1.807) is 7.11 Å². The molecule has 0 bridgehead atoms. The van der Waals surface area contributed by atoms with Gasteiger partial charge in [-0.25, -0.2) is 5.48 Å². The van der Waals surface area contributed by atoms with E-state index in [9.17, 15) is 4.79 Å². The number of carbonyl (C=O) groups is 1. The van der Waals surface area contributed by atoms with Crippen molar-refractivity contribution in [3.8, 4) is 0 Å². The minimum atomic E-state index is -0.307. The molecule has 0 radical (unpaired) electrons. The number of hydroxylamine groups is 1. The number of aryl methyl sites for hydroxylation is 1. The van der Waals surface area contributed by atoms with Crippen LogP contribution in [0, 0.1) is 0 Å². The van der Waals surface area contributed by atoms with Gasteiger partial charge in [-0.3, -0.25) is 9.63 Å². The fraction of sp³-hybridized carbons (Fsp3) is 0.625. The van der Waals surface area contributed by atoms with Gasteiger partial charge in [0.15, 0.2) is 0 Å². The molecule has 0 saturated heterocycles. The minimum absolute atomic E-state index is 0.307. The van der Waals surface area contributed by atoms with Crippen LogP contribution in [0.15, 0.2) is 0 Å². The quantitative estimate of drug-likeness (QED) is 0.567. The van der Waals surface area contributed by atoms with Crippen LogP contribution in [-0.4, -0.2) is 35.8 Å². The summed E-state index contributed by atoms with van der Waals surface area (Å²) in [5, 5.41) is 3.83. The lowest BCUT2D eigenvalue weighted by Crippen LogP contribution is -2.25. The number of methoxy groups -OCH3 is 1. The predicted octanol–water partition coefficient (Wildman–Crippen LogP) is 0.408. The Kier molecular flexibility index (Phi) is 5.16. The number of hydrogen-bond donors (Lipinski definition) is 1. The maximum absolute atomic E-state index is 11.5. The normalized spacial score (nSPS) is 10.3. The second kappa shape index (κ2) is 6.44. The van der Waals surface area contributed by atoms with Crippen LogP contribution in [0.1, 0.15) is 22.3 Å². The fourth-order valence-electron chi connectivity index (χ4n) is 0.900. The summed E-state index contributed by atoms with van der Waals surface area (Å²) in [6, 6.07) is 0. The molecule has 15 heavy (non-hydrogen) atoms. The van der Waals surface area contributed by atoms with E-state index >= 15 is 0 Å². The number of rotatable bonds is 6. The Labute approximate surface area is 91.7 Å². The Morgan fingerprint density at radius 1 is 1.53 bits per heavy atom. The first kappa shape index (κ1) is 12.0. The highest BCUT2D eigenvalue weighted by Crippen LogP contribution is 2.10. The number of nitrogens with one attached hydrogen (secondary N) is 1. The van der Waals surface area contributed by atoms with E-state index in [1.807, 2.05) is 6.92 Å². The predicted molar refractivity (Wildman–Crippen MR) is 54.6 cm³/mol. The second-order valence-electron chi connectivity index (χ2n) is 2.67. The number of ether oxygens (including phenoxy) is 1. The van der Waals surface area contributed by atoms with Gasteiger partial charge in [-0.2, -0.15) is 0 Å². The molecule has 0 aliphatic rings. The van der Waals surface area contributed by atoms with Crippen LogP contribution < -0.4 is 5.48 Å². The highest BCUT2D eigenvalue weighted by molar-refractivity contribution is 7.07. The van der Waals surface area contributed by atoms with Crippen LogP contribution in [0.5, 0.6) is 0 Å². The molecule has 6 nitrogen and oxygen atoms in total. The van der Waals surface area contributed by atoms with Crippen LogP contribution >= 0.6 is 11.5 Å². The van der Waals surface area contributed by atoms with Crippen LogP contribution in [0.3, 0.4) is 0 Å². The molecule has 1 rings (SSSR count). The Hall–Kier alpha value is -1.05. The molecule has 7 heteroatoms. The van der Waals surface area contributed by atoms with Gasteiger partial charge in [0, 0.05) is 7.11 Å². The first-order chi connectivity index (χ1) is 7.29. The first-order valence-electron chi connectivity index (χ1n) is 4.51. The summed E-state index contributed by atoms with van der Waals surface area (Å²) in [5.41, 5.74) is 2.99. The van der Waals surface area contributed by atoms with E-state index in [0.717, 1.165) is 11.5 Å². The van der Waals surface area contributed by atoms with Crippen LogP contribution in [0.4, 0.5) is 0 Å². The van der Waals surface area contributed by atoms with Crippen molar-refractivity contribution in [3.05, 3.63) is 10.6 Å². The summed E-state index contributed by atoms with van der Waals surface area (Å²) >= 11 is 1.06. The molecule has 0 saturated carbocycles. The summed E-state index contributed by atoms with van der Waals surface area (Å²) in [6.45, 7) is 2.66. The molecule has 0 unspecified atom stereocenters. The number of aromatic nitrogens is 2. The molecule has 1 amide bonds. The second-order valence-corrected chi connectivity index (χ2v) is 3.43. The van der Waals surface area contributed by atoms with Crippen LogP contribution in [0.25, 0.3) is 0 Å². The smallest absolute Gasteiger partial charge is 0.288 e. The maximum atomic E-state index is 11.5. The monoisotopic (exact) mass is 231 g/mol. The summed E-state index contributed by atoms with van der Waals surface area (Å²) in [4.78, 5) is 16.9. The van der Waals surface area contributed by atoms with Gasteiger partial charge >= 0.3 is 0 Å². The van der Waals surface area contributed by atoms with Gasteiger partial charge in [0.2, 0.25) is 0 Å². The Morgan fingerprint density at radius 2 is 2.33 bits per heavy atom. The van der Waals surface area contributed by atoms with Crippen molar-refractivity contribution in [1.29, 1.82) is 0 Å². The zero-order valence-corrected chi connectivity index (χ0v) is 9.47. The molecule has 84 valence electrons. The summed E-state index contributed by atoms with van der Waals surface area (Å²) in [6.07, 6.45) is 0.678. The van der Waals surface area contributed by atoms with Crippen molar-refractivity contribution in [2.45, 2.75) is 13.3 Å². The number of hydrogen-bond acceptors (Lipinski definition) is 6.